The normalized spacial score (nSPS) is 15.4. The van der Waals surface area contributed by atoms with Crippen molar-refractivity contribution in [3.05, 3.63) is 81.9 Å². The molecule has 1 aliphatic rings. The second-order valence-corrected chi connectivity index (χ2v) is 9.06. The number of rotatable bonds is 5. The van der Waals surface area contributed by atoms with Crippen molar-refractivity contribution in [2.24, 2.45) is 5.92 Å². The van der Waals surface area contributed by atoms with E-state index in [1.54, 1.807) is 24.3 Å². The largest absolute Gasteiger partial charge is 0.354 e. The van der Waals surface area contributed by atoms with E-state index in [0.29, 0.717) is 44.2 Å². The summed E-state index contributed by atoms with van der Waals surface area (Å²) in [6.45, 7) is 9.86. The topological polar surface area (TPSA) is 54.2 Å². The highest BCUT2D eigenvalue weighted by molar-refractivity contribution is 6.39. The maximum atomic E-state index is 14.5. The first-order valence-electron chi connectivity index (χ1n) is 10.9. The lowest BCUT2D eigenvalue weighted by Crippen LogP contribution is -2.18. The van der Waals surface area contributed by atoms with Gasteiger partial charge in [0.1, 0.15) is 5.82 Å². The minimum Gasteiger partial charge on any atom is -0.354 e. The molecule has 0 spiro atoms. The fourth-order valence-corrected chi connectivity index (χ4v) is 4.84. The number of anilines is 1. The number of aromatic nitrogens is 2. The first-order chi connectivity index (χ1) is 16.5. The fraction of sp³-hybridized carbons (Fsp3) is 0.192. The average Bonchev–Trinajstić information content (AvgIpc) is 3.36. The zero-order valence-corrected chi connectivity index (χ0v) is 19.6. The molecule has 5 rings (SSSR count). The minimum atomic E-state index is -0.587. The Balaban J connectivity index is 1.65. The van der Waals surface area contributed by atoms with Gasteiger partial charge in [0, 0.05) is 33.1 Å². The first kappa shape index (κ1) is 22.5. The van der Waals surface area contributed by atoms with Gasteiger partial charge < -0.3 is 10.6 Å². The van der Waals surface area contributed by atoms with E-state index >= 15 is 0 Å². The van der Waals surface area contributed by atoms with Crippen LogP contribution in [0.1, 0.15) is 6.42 Å². The van der Waals surface area contributed by atoms with Gasteiger partial charge in [0.25, 0.3) is 0 Å². The Hall–Kier alpha value is -3.24. The van der Waals surface area contributed by atoms with Crippen molar-refractivity contribution >= 4 is 45.7 Å². The Morgan fingerprint density at radius 1 is 1.06 bits per heavy atom. The number of benzene rings is 3. The second kappa shape index (κ2) is 9.55. The van der Waals surface area contributed by atoms with Crippen LogP contribution in [0.2, 0.25) is 10.0 Å². The zero-order chi connectivity index (χ0) is 23.7. The molecule has 0 unspecified atom stereocenters. The maximum Gasteiger partial charge on any atom is 0.223 e. The summed E-state index contributed by atoms with van der Waals surface area (Å²) in [4.78, 5) is 12.7. The van der Waals surface area contributed by atoms with E-state index in [1.165, 1.54) is 12.1 Å². The summed E-state index contributed by atoms with van der Waals surface area (Å²) in [5.74, 6) is 0.395. The van der Waals surface area contributed by atoms with E-state index < -0.39 is 5.82 Å². The van der Waals surface area contributed by atoms with Crippen LogP contribution in [0, 0.1) is 18.3 Å². The van der Waals surface area contributed by atoms with Crippen LogP contribution < -0.4 is 10.6 Å². The molecule has 2 N–H and O–H groups in total. The Bertz CT molecular complexity index is 1410. The van der Waals surface area contributed by atoms with Crippen LogP contribution in [0.4, 0.5) is 16.0 Å². The zero-order valence-electron chi connectivity index (χ0n) is 18.1. The Morgan fingerprint density at radius 3 is 2.56 bits per heavy atom. The third-order valence-corrected chi connectivity index (χ3v) is 6.63. The highest BCUT2D eigenvalue weighted by Gasteiger charge is 2.18. The van der Waals surface area contributed by atoms with Gasteiger partial charge in [-0.3, -0.25) is 0 Å². The Kier molecular flexibility index (Phi) is 6.34. The molecular formula is C26H20Cl2FN5. The molecule has 0 saturated carbocycles. The Morgan fingerprint density at radius 2 is 1.85 bits per heavy atom. The van der Waals surface area contributed by atoms with Gasteiger partial charge in [0.15, 0.2) is 0 Å². The molecule has 0 aliphatic carbocycles. The molecule has 1 aliphatic heterocycles. The SMILES string of the molecule is [C-]#[N+]c1ccc(-c2nc(NC[C@H]3CCNC3)nc3ccc(-c4c(Cl)cccc4Cl)cc23)cc1F. The quantitative estimate of drug-likeness (QED) is 0.295. The summed E-state index contributed by atoms with van der Waals surface area (Å²) in [5.41, 5.74) is 3.33. The number of fused-ring (bicyclic) bond motifs is 1. The molecule has 34 heavy (non-hydrogen) atoms. The van der Waals surface area contributed by atoms with E-state index in [1.807, 2.05) is 18.2 Å². The van der Waals surface area contributed by atoms with Crippen molar-refractivity contribution in [2.45, 2.75) is 6.42 Å². The average molecular weight is 492 g/mol. The van der Waals surface area contributed by atoms with E-state index in [9.17, 15) is 4.39 Å². The van der Waals surface area contributed by atoms with Crippen LogP contribution >= 0.6 is 23.2 Å². The lowest BCUT2D eigenvalue weighted by atomic mass is 10.00. The summed E-state index contributed by atoms with van der Waals surface area (Å²) < 4.78 is 14.5. The number of hydrogen-bond acceptors (Lipinski definition) is 4. The third-order valence-electron chi connectivity index (χ3n) is 6.00. The lowest BCUT2D eigenvalue weighted by Gasteiger charge is -2.14. The molecule has 0 radical (unpaired) electrons. The third kappa shape index (κ3) is 4.43. The van der Waals surface area contributed by atoms with Crippen molar-refractivity contribution in [3.63, 3.8) is 0 Å². The van der Waals surface area contributed by atoms with Crippen LogP contribution in [0.3, 0.4) is 0 Å². The number of nitrogens with zero attached hydrogens (tertiary/aromatic N) is 3. The van der Waals surface area contributed by atoms with E-state index in [-0.39, 0.29) is 5.69 Å². The van der Waals surface area contributed by atoms with Crippen molar-refractivity contribution in [1.29, 1.82) is 0 Å². The monoisotopic (exact) mass is 491 g/mol. The molecular weight excluding hydrogens is 472 g/mol. The predicted molar refractivity (Wildman–Crippen MR) is 136 cm³/mol. The summed E-state index contributed by atoms with van der Waals surface area (Å²) in [5, 5.41) is 8.50. The van der Waals surface area contributed by atoms with Crippen molar-refractivity contribution in [3.8, 4) is 22.4 Å². The molecule has 0 bridgehead atoms. The molecule has 1 atom stereocenters. The van der Waals surface area contributed by atoms with Gasteiger partial charge in [-0.1, -0.05) is 47.5 Å². The molecule has 1 aromatic heterocycles. The van der Waals surface area contributed by atoms with E-state index in [4.69, 9.17) is 39.7 Å². The van der Waals surface area contributed by atoms with Crippen molar-refractivity contribution in [1.82, 2.24) is 15.3 Å². The van der Waals surface area contributed by atoms with Gasteiger partial charge >= 0.3 is 0 Å². The number of hydrogen-bond donors (Lipinski definition) is 2. The molecule has 8 heteroatoms. The first-order valence-corrected chi connectivity index (χ1v) is 11.7. The van der Waals surface area contributed by atoms with Crippen LogP contribution in [0.15, 0.2) is 54.6 Å². The van der Waals surface area contributed by atoms with Crippen molar-refractivity contribution in [2.75, 3.05) is 25.0 Å². The fourth-order valence-electron chi connectivity index (χ4n) is 4.23. The van der Waals surface area contributed by atoms with Crippen molar-refractivity contribution < 1.29 is 4.39 Å². The summed E-state index contributed by atoms with van der Waals surface area (Å²) >= 11 is 12.9. The van der Waals surface area contributed by atoms with Gasteiger partial charge in [0.05, 0.1) is 17.8 Å². The molecule has 2 heterocycles. The molecule has 1 saturated heterocycles. The molecule has 170 valence electrons. The molecule has 0 amide bonds. The second-order valence-electron chi connectivity index (χ2n) is 8.24. The van der Waals surface area contributed by atoms with Crippen LogP contribution in [-0.2, 0) is 0 Å². The summed E-state index contributed by atoms with van der Waals surface area (Å²) in [6.07, 6.45) is 1.10. The number of halogens is 3. The summed E-state index contributed by atoms with van der Waals surface area (Å²) in [7, 11) is 0. The van der Waals surface area contributed by atoms with Gasteiger partial charge in [-0.15, -0.1) is 0 Å². The van der Waals surface area contributed by atoms with Gasteiger partial charge in [-0.25, -0.2) is 19.2 Å². The van der Waals surface area contributed by atoms with Crippen LogP contribution in [-0.4, -0.2) is 29.6 Å². The smallest absolute Gasteiger partial charge is 0.223 e. The summed E-state index contributed by atoms with van der Waals surface area (Å²) in [6, 6.07) is 15.6. The standard InChI is InChI=1S/C26H20Cl2FN5/c1-30-23-8-6-17(12-21(23)29)25-18-11-16(24-19(27)3-2-4-20(24)28)5-7-22(18)33-26(34-25)32-14-15-9-10-31-13-15/h2-8,11-12,15,31H,9-10,13-14H2,(H,32,33,34)/t15-/m0/s1. The van der Waals surface area contributed by atoms with Gasteiger partial charge in [-0.05, 0) is 61.3 Å². The number of nitrogens with one attached hydrogen (secondary N) is 2. The van der Waals surface area contributed by atoms with Crippen LogP contribution in [0.25, 0.3) is 38.1 Å². The molecule has 5 nitrogen and oxygen atoms in total. The van der Waals surface area contributed by atoms with E-state index in [0.717, 1.165) is 37.0 Å². The highest BCUT2D eigenvalue weighted by Crippen LogP contribution is 2.38. The van der Waals surface area contributed by atoms with Gasteiger partial charge in [-0.2, -0.15) is 0 Å². The molecule has 1 fully saturated rings. The molecule has 3 aromatic carbocycles. The minimum absolute atomic E-state index is 0.0299. The van der Waals surface area contributed by atoms with Gasteiger partial charge in [0.2, 0.25) is 11.6 Å². The highest BCUT2D eigenvalue weighted by atomic mass is 35.5. The predicted octanol–water partition coefficient (Wildman–Crippen LogP) is 6.98. The Labute approximate surface area is 206 Å². The maximum absolute atomic E-state index is 14.5. The lowest BCUT2D eigenvalue weighted by molar-refractivity contribution is 0.613. The van der Waals surface area contributed by atoms with E-state index in [2.05, 4.69) is 15.5 Å². The van der Waals surface area contributed by atoms with Crippen LogP contribution in [0.5, 0.6) is 0 Å². The molecule has 4 aromatic rings.